The number of hydrogen-bond donors (Lipinski definition) is 3. The van der Waals surface area contributed by atoms with Crippen molar-refractivity contribution in [2.45, 2.75) is 26.4 Å². The molecule has 0 saturated carbocycles. The lowest BCUT2D eigenvalue weighted by Crippen LogP contribution is -2.43. The lowest BCUT2D eigenvalue weighted by molar-refractivity contribution is 0.200. The van der Waals surface area contributed by atoms with E-state index in [4.69, 9.17) is 5.11 Å². The molecule has 2 atom stereocenters. The van der Waals surface area contributed by atoms with Crippen LogP contribution >= 0.6 is 0 Å². The fourth-order valence-corrected chi connectivity index (χ4v) is 2.09. The molecule has 0 bridgehead atoms. The zero-order chi connectivity index (χ0) is 15.2. The van der Waals surface area contributed by atoms with Gasteiger partial charge in [-0.05, 0) is 35.2 Å². The highest BCUT2D eigenvalue weighted by Crippen LogP contribution is 2.15. The van der Waals surface area contributed by atoms with Gasteiger partial charge in [0.05, 0.1) is 0 Å². The summed E-state index contributed by atoms with van der Waals surface area (Å²) in [6, 6.07) is 14.0. The first kappa shape index (κ1) is 15.3. The maximum absolute atomic E-state index is 11.8. The monoisotopic (exact) mass is 286 g/mol. The predicted molar refractivity (Wildman–Crippen MR) is 85.0 cm³/mol. The van der Waals surface area contributed by atoms with E-state index >= 15 is 0 Å². The van der Waals surface area contributed by atoms with Crippen LogP contribution in [-0.2, 0) is 6.54 Å². The number of rotatable bonds is 5. The molecule has 112 valence electrons. The van der Waals surface area contributed by atoms with Gasteiger partial charge in [-0.25, -0.2) is 4.79 Å². The zero-order valence-electron chi connectivity index (χ0n) is 12.5. The number of amides is 2. The van der Waals surface area contributed by atoms with Crippen molar-refractivity contribution in [1.29, 1.82) is 0 Å². The first-order valence-corrected chi connectivity index (χ1v) is 7.23. The summed E-state index contributed by atoms with van der Waals surface area (Å²) in [7, 11) is 0. The quantitative estimate of drug-likeness (QED) is 0.791. The van der Waals surface area contributed by atoms with Gasteiger partial charge in [0.25, 0.3) is 0 Å². The maximum Gasteiger partial charge on any atom is 0.315 e. The van der Waals surface area contributed by atoms with Gasteiger partial charge < -0.3 is 15.7 Å². The minimum Gasteiger partial charge on any atom is -0.396 e. The standard InChI is InChI=1S/C17H22N2O2/c1-12(11-20)13(2)19-17(21)18-10-14-7-8-15-5-3-4-6-16(15)9-14/h3-9,12-13,20H,10-11H2,1-2H3,(H2,18,19,21). The topological polar surface area (TPSA) is 61.4 Å². The largest absolute Gasteiger partial charge is 0.396 e. The molecular weight excluding hydrogens is 264 g/mol. The third kappa shape index (κ3) is 4.20. The van der Waals surface area contributed by atoms with Crippen LogP contribution in [0.15, 0.2) is 42.5 Å². The van der Waals surface area contributed by atoms with Crippen LogP contribution in [0.4, 0.5) is 4.79 Å². The molecular formula is C17H22N2O2. The van der Waals surface area contributed by atoms with Gasteiger partial charge in [0.15, 0.2) is 0 Å². The summed E-state index contributed by atoms with van der Waals surface area (Å²) in [5.41, 5.74) is 1.06. The highest BCUT2D eigenvalue weighted by atomic mass is 16.3. The SMILES string of the molecule is CC(CO)C(C)NC(=O)NCc1ccc2ccccc2c1. The summed E-state index contributed by atoms with van der Waals surface area (Å²) in [5.74, 6) is 0.0384. The molecule has 2 aromatic carbocycles. The van der Waals surface area contributed by atoms with Gasteiger partial charge in [0, 0.05) is 19.2 Å². The third-order valence-corrected chi connectivity index (χ3v) is 3.77. The normalized spacial score (nSPS) is 13.7. The molecule has 21 heavy (non-hydrogen) atoms. The van der Waals surface area contributed by atoms with Crippen molar-refractivity contribution < 1.29 is 9.90 Å². The average Bonchev–Trinajstić information content (AvgIpc) is 2.51. The van der Waals surface area contributed by atoms with Gasteiger partial charge >= 0.3 is 6.03 Å². The molecule has 0 aliphatic carbocycles. The Morgan fingerprint density at radius 3 is 2.57 bits per heavy atom. The zero-order valence-corrected chi connectivity index (χ0v) is 12.5. The Kier molecular flexibility index (Phi) is 5.17. The van der Waals surface area contributed by atoms with Crippen LogP contribution in [0.25, 0.3) is 10.8 Å². The van der Waals surface area contributed by atoms with Crippen LogP contribution in [0.2, 0.25) is 0 Å². The highest BCUT2D eigenvalue weighted by Gasteiger charge is 2.13. The Balaban J connectivity index is 1.90. The average molecular weight is 286 g/mol. The van der Waals surface area contributed by atoms with E-state index in [0.29, 0.717) is 6.54 Å². The fraction of sp³-hybridized carbons (Fsp3) is 0.353. The molecule has 0 aliphatic rings. The molecule has 0 spiro atoms. The molecule has 0 radical (unpaired) electrons. The second-order valence-corrected chi connectivity index (χ2v) is 5.46. The van der Waals surface area contributed by atoms with Gasteiger partial charge in [-0.3, -0.25) is 0 Å². The van der Waals surface area contributed by atoms with E-state index in [1.54, 1.807) is 0 Å². The van der Waals surface area contributed by atoms with Crippen LogP contribution in [-0.4, -0.2) is 23.8 Å². The molecule has 4 heteroatoms. The van der Waals surface area contributed by atoms with Crippen LogP contribution in [0.3, 0.4) is 0 Å². The summed E-state index contributed by atoms with van der Waals surface area (Å²) in [5, 5.41) is 17.1. The van der Waals surface area contributed by atoms with Gasteiger partial charge in [-0.15, -0.1) is 0 Å². The predicted octanol–water partition coefficient (Wildman–Crippen LogP) is 2.66. The summed E-state index contributed by atoms with van der Waals surface area (Å²) in [4.78, 5) is 11.8. The number of aliphatic hydroxyl groups excluding tert-OH is 1. The van der Waals surface area contributed by atoms with E-state index in [-0.39, 0.29) is 24.6 Å². The number of benzene rings is 2. The Morgan fingerprint density at radius 2 is 1.86 bits per heavy atom. The van der Waals surface area contributed by atoms with Crippen molar-refractivity contribution in [3.63, 3.8) is 0 Å². The number of aliphatic hydroxyl groups is 1. The van der Waals surface area contributed by atoms with Crippen molar-refractivity contribution in [2.24, 2.45) is 5.92 Å². The minimum atomic E-state index is -0.212. The Hall–Kier alpha value is -2.07. The lowest BCUT2D eigenvalue weighted by Gasteiger charge is -2.19. The molecule has 0 saturated heterocycles. The second kappa shape index (κ2) is 7.09. The first-order valence-electron chi connectivity index (χ1n) is 7.23. The Bertz CT molecular complexity index is 613. The molecule has 2 amide bonds. The van der Waals surface area contributed by atoms with Gasteiger partial charge in [-0.2, -0.15) is 0 Å². The second-order valence-electron chi connectivity index (χ2n) is 5.46. The van der Waals surface area contributed by atoms with Crippen molar-refractivity contribution in [1.82, 2.24) is 10.6 Å². The number of hydrogen-bond acceptors (Lipinski definition) is 2. The van der Waals surface area contributed by atoms with E-state index in [9.17, 15) is 4.79 Å². The molecule has 3 N–H and O–H groups in total. The van der Waals surface area contributed by atoms with Crippen LogP contribution in [0.5, 0.6) is 0 Å². The summed E-state index contributed by atoms with van der Waals surface area (Å²) in [6.07, 6.45) is 0. The molecule has 2 unspecified atom stereocenters. The lowest BCUT2D eigenvalue weighted by atomic mass is 10.1. The number of urea groups is 1. The van der Waals surface area contributed by atoms with E-state index in [1.165, 1.54) is 10.8 Å². The summed E-state index contributed by atoms with van der Waals surface area (Å²) in [6.45, 7) is 4.33. The molecule has 0 aromatic heterocycles. The fourth-order valence-electron chi connectivity index (χ4n) is 2.09. The summed E-state index contributed by atoms with van der Waals surface area (Å²) >= 11 is 0. The Labute approximate surface area is 125 Å². The number of carbonyl (C=O) groups is 1. The molecule has 2 aromatic rings. The first-order chi connectivity index (χ1) is 10.1. The van der Waals surface area contributed by atoms with E-state index < -0.39 is 0 Å². The third-order valence-electron chi connectivity index (χ3n) is 3.77. The van der Waals surface area contributed by atoms with E-state index in [0.717, 1.165) is 5.56 Å². The molecule has 2 rings (SSSR count). The smallest absolute Gasteiger partial charge is 0.315 e. The van der Waals surface area contributed by atoms with E-state index in [2.05, 4.69) is 34.9 Å². The van der Waals surface area contributed by atoms with Gasteiger partial charge in [0.2, 0.25) is 0 Å². The van der Waals surface area contributed by atoms with Gasteiger partial charge in [0.1, 0.15) is 0 Å². The van der Waals surface area contributed by atoms with Crippen molar-refractivity contribution >= 4 is 16.8 Å². The van der Waals surface area contributed by atoms with Crippen LogP contribution < -0.4 is 10.6 Å². The molecule has 4 nitrogen and oxygen atoms in total. The number of nitrogens with one attached hydrogen (secondary N) is 2. The van der Waals surface area contributed by atoms with Crippen LogP contribution in [0, 0.1) is 5.92 Å². The van der Waals surface area contributed by atoms with Gasteiger partial charge in [-0.1, -0.05) is 43.3 Å². The molecule has 0 heterocycles. The highest BCUT2D eigenvalue weighted by molar-refractivity contribution is 5.83. The maximum atomic E-state index is 11.8. The summed E-state index contributed by atoms with van der Waals surface area (Å²) < 4.78 is 0. The minimum absolute atomic E-state index is 0.0384. The van der Waals surface area contributed by atoms with Crippen molar-refractivity contribution in [3.05, 3.63) is 48.0 Å². The van der Waals surface area contributed by atoms with E-state index in [1.807, 2.05) is 32.0 Å². The molecule has 0 fully saturated rings. The molecule has 0 aliphatic heterocycles. The van der Waals surface area contributed by atoms with Crippen molar-refractivity contribution in [2.75, 3.05) is 6.61 Å². The Morgan fingerprint density at radius 1 is 1.14 bits per heavy atom. The number of fused-ring (bicyclic) bond motifs is 1. The number of carbonyl (C=O) groups excluding carboxylic acids is 1. The van der Waals surface area contributed by atoms with Crippen molar-refractivity contribution in [3.8, 4) is 0 Å². The van der Waals surface area contributed by atoms with Crippen LogP contribution in [0.1, 0.15) is 19.4 Å².